The fraction of sp³-hybridized carbons (Fsp3) is 0.667. The third-order valence-electron chi connectivity index (χ3n) is 0.651. The summed E-state index contributed by atoms with van der Waals surface area (Å²) in [4.78, 5) is 0. The maximum Gasteiger partial charge on any atom is 0.115 e. The Morgan fingerprint density at radius 1 is 1.86 bits per heavy atom. The van der Waals surface area contributed by atoms with Crippen LogP contribution in [0.25, 0.3) is 0 Å². The topological polar surface area (TPSA) is 9.23 Å². The SMILES string of the molecule is C#C[C@H](C)OCC. The van der Waals surface area contributed by atoms with Gasteiger partial charge in [0.25, 0.3) is 0 Å². The van der Waals surface area contributed by atoms with Gasteiger partial charge >= 0.3 is 0 Å². The third-order valence-corrected chi connectivity index (χ3v) is 0.651. The highest BCUT2D eigenvalue weighted by atomic mass is 16.5. The van der Waals surface area contributed by atoms with Gasteiger partial charge in [-0.3, -0.25) is 0 Å². The molecular formula is C6H10O. The monoisotopic (exact) mass is 98.1 g/mol. The normalized spacial score (nSPS) is 12.7. The van der Waals surface area contributed by atoms with Gasteiger partial charge in [0.05, 0.1) is 0 Å². The molecule has 0 spiro atoms. The van der Waals surface area contributed by atoms with Crippen LogP contribution in [0.5, 0.6) is 0 Å². The fourth-order valence-electron chi connectivity index (χ4n) is 0.298. The van der Waals surface area contributed by atoms with E-state index in [1.54, 1.807) is 0 Å². The van der Waals surface area contributed by atoms with Crippen molar-refractivity contribution in [3.8, 4) is 12.3 Å². The Morgan fingerprint density at radius 2 is 2.43 bits per heavy atom. The summed E-state index contributed by atoms with van der Waals surface area (Å²) in [5.41, 5.74) is 0. The number of hydrogen-bond acceptors (Lipinski definition) is 1. The molecule has 0 aliphatic rings. The van der Waals surface area contributed by atoms with Gasteiger partial charge in [0, 0.05) is 6.61 Å². The quantitative estimate of drug-likeness (QED) is 0.469. The Morgan fingerprint density at radius 3 is 2.57 bits per heavy atom. The third kappa shape index (κ3) is 3.35. The summed E-state index contributed by atoms with van der Waals surface area (Å²) in [6.07, 6.45) is 4.96. The van der Waals surface area contributed by atoms with E-state index in [4.69, 9.17) is 11.2 Å². The van der Waals surface area contributed by atoms with Gasteiger partial charge < -0.3 is 4.74 Å². The van der Waals surface area contributed by atoms with Gasteiger partial charge in [-0.15, -0.1) is 6.42 Å². The van der Waals surface area contributed by atoms with E-state index in [1.165, 1.54) is 0 Å². The van der Waals surface area contributed by atoms with E-state index in [-0.39, 0.29) is 6.10 Å². The first-order valence-corrected chi connectivity index (χ1v) is 2.39. The molecule has 0 fully saturated rings. The highest BCUT2D eigenvalue weighted by Gasteiger charge is 1.88. The lowest BCUT2D eigenvalue weighted by molar-refractivity contribution is 0.116. The highest BCUT2D eigenvalue weighted by molar-refractivity contribution is 4.91. The predicted octanol–water partition coefficient (Wildman–Crippen LogP) is 1.04. The van der Waals surface area contributed by atoms with Crippen molar-refractivity contribution in [1.29, 1.82) is 0 Å². The van der Waals surface area contributed by atoms with Crippen molar-refractivity contribution in [2.75, 3.05) is 6.61 Å². The molecule has 0 heterocycles. The number of rotatable bonds is 2. The molecule has 7 heavy (non-hydrogen) atoms. The van der Waals surface area contributed by atoms with Gasteiger partial charge in [0.2, 0.25) is 0 Å². The van der Waals surface area contributed by atoms with E-state index >= 15 is 0 Å². The molecule has 0 N–H and O–H groups in total. The van der Waals surface area contributed by atoms with Crippen LogP contribution in [0.15, 0.2) is 0 Å². The van der Waals surface area contributed by atoms with Crippen molar-refractivity contribution in [3.05, 3.63) is 0 Å². The second-order valence-corrected chi connectivity index (χ2v) is 1.26. The lowest BCUT2D eigenvalue weighted by atomic mass is 10.4. The number of ether oxygens (including phenoxy) is 1. The van der Waals surface area contributed by atoms with Crippen molar-refractivity contribution in [3.63, 3.8) is 0 Å². The largest absolute Gasteiger partial charge is 0.366 e. The zero-order valence-electron chi connectivity index (χ0n) is 4.77. The van der Waals surface area contributed by atoms with E-state index in [1.807, 2.05) is 13.8 Å². The summed E-state index contributed by atoms with van der Waals surface area (Å²) in [6.45, 7) is 4.47. The maximum atomic E-state index is 4.98. The molecule has 0 aromatic carbocycles. The van der Waals surface area contributed by atoms with Crippen LogP contribution in [0.2, 0.25) is 0 Å². The van der Waals surface area contributed by atoms with E-state index in [0.717, 1.165) is 0 Å². The van der Waals surface area contributed by atoms with Gasteiger partial charge in [-0.2, -0.15) is 0 Å². The van der Waals surface area contributed by atoms with Gasteiger partial charge in [0.15, 0.2) is 0 Å². The van der Waals surface area contributed by atoms with Crippen molar-refractivity contribution < 1.29 is 4.74 Å². The van der Waals surface area contributed by atoms with Gasteiger partial charge in [0.1, 0.15) is 6.10 Å². The molecular weight excluding hydrogens is 88.1 g/mol. The first-order chi connectivity index (χ1) is 3.31. The molecule has 0 radical (unpaired) electrons. The molecule has 0 aromatic rings. The number of terminal acetylenes is 1. The summed E-state index contributed by atoms with van der Waals surface area (Å²) in [6, 6.07) is 0. The van der Waals surface area contributed by atoms with Gasteiger partial charge in [-0.05, 0) is 13.8 Å². The van der Waals surface area contributed by atoms with Crippen molar-refractivity contribution in [2.45, 2.75) is 20.0 Å². The first kappa shape index (κ1) is 6.52. The van der Waals surface area contributed by atoms with Crippen molar-refractivity contribution >= 4 is 0 Å². The molecule has 0 rings (SSSR count). The highest BCUT2D eigenvalue weighted by Crippen LogP contribution is 1.83. The van der Waals surface area contributed by atoms with Gasteiger partial charge in [-0.1, -0.05) is 5.92 Å². The van der Waals surface area contributed by atoms with Crippen molar-refractivity contribution in [1.82, 2.24) is 0 Å². The van der Waals surface area contributed by atoms with E-state index in [2.05, 4.69) is 5.92 Å². The molecule has 0 bridgehead atoms. The average Bonchev–Trinajstić information content (AvgIpc) is 1.68. The Kier molecular flexibility index (Phi) is 3.45. The van der Waals surface area contributed by atoms with Crippen LogP contribution in [0.3, 0.4) is 0 Å². The summed E-state index contributed by atoms with van der Waals surface area (Å²) in [7, 11) is 0. The van der Waals surface area contributed by atoms with Crippen LogP contribution in [-0.2, 0) is 4.74 Å². The van der Waals surface area contributed by atoms with E-state index in [9.17, 15) is 0 Å². The average molecular weight is 98.1 g/mol. The van der Waals surface area contributed by atoms with Crippen molar-refractivity contribution in [2.24, 2.45) is 0 Å². The lowest BCUT2D eigenvalue weighted by Crippen LogP contribution is -2.02. The minimum atomic E-state index is -0.0231. The molecule has 0 aromatic heterocycles. The van der Waals surface area contributed by atoms with Crippen LogP contribution in [-0.4, -0.2) is 12.7 Å². The standard InChI is InChI=1S/C6H10O/c1-4-6(3)7-5-2/h1,6H,5H2,2-3H3/t6-/m0/s1. The van der Waals surface area contributed by atoms with E-state index < -0.39 is 0 Å². The summed E-state index contributed by atoms with van der Waals surface area (Å²) < 4.78 is 4.95. The molecule has 1 atom stereocenters. The smallest absolute Gasteiger partial charge is 0.115 e. The second-order valence-electron chi connectivity index (χ2n) is 1.26. The molecule has 1 heteroatoms. The Labute approximate surface area is 44.7 Å². The first-order valence-electron chi connectivity index (χ1n) is 2.39. The second kappa shape index (κ2) is 3.70. The minimum Gasteiger partial charge on any atom is -0.366 e. The Hall–Kier alpha value is -0.480. The van der Waals surface area contributed by atoms with Crippen LogP contribution < -0.4 is 0 Å². The summed E-state index contributed by atoms with van der Waals surface area (Å²) in [5, 5.41) is 0. The molecule has 40 valence electrons. The molecule has 0 saturated heterocycles. The predicted molar refractivity (Wildman–Crippen MR) is 29.9 cm³/mol. The van der Waals surface area contributed by atoms with E-state index in [0.29, 0.717) is 6.61 Å². The molecule has 0 aliphatic heterocycles. The molecule has 1 nitrogen and oxygen atoms in total. The molecule has 0 unspecified atom stereocenters. The zero-order valence-corrected chi connectivity index (χ0v) is 4.77. The van der Waals surface area contributed by atoms with Crippen LogP contribution >= 0.6 is 0 Å². The summed E-state index contributed by atoms with van der Waals surface area (Å²) >= 11 is 0. The Bertz CT molecular complexity index is 70.7. The van der Waals surface area contributed by atoms with Crippen LogP contribution in [0.4, 0.5) is 0 Å². The molecule has 0 aliphatic carbocycles. The molecule has 0 saturated carbocycles. The zero-order chi connectivity index (χ0) is 5.70. The Balaban J connectivity index is 3.04. The minimum absolute atomic E-state index is 0.0231. The van der Waals surface area contributed by atoms with Gasteiger partial charge in [-0.25, -0.2) is 0 Å². The molecule has 0 amide bonds. The van der Waals surface area contributed by atoms with Crippen LogP contribution in [0.1, 0.15) is 13.8 Å². The van der Waals surface area contributed by atoms with Crippen LogP contribution in [0, 0.1) is 12.3 Å². The maximum absolute atomic E-state index is 4.98. The summed E-state index contributed by atoms with van der Waals surface area (Å²) in [5.74, 6) is 2.44. The lowest BCUT2D eigenvalue weighted by Gasteiger charge is -1.99. The number of hydrogen-bond donors (Lipinski definition) is 0. The fourth-order valence-corrected chi connectivity index (χ4v) is 0.298.